The van der Waals surface area contributed by atoms with Crippen LogP contribution in [0.25, 0.3) is 0 Å². The van der Waals surface area contributed by atoms with Crippen molar-refractivity contribution in [2.24, 2.45) is 0 Å². The fourth-order valence-electron chi connectivity index (χ4n) is 0.796. The van der Waals surface area contributed by atoms with E-state index in [1.165, 1.54) is 17.4 Å². The molecule has 0 atom stereocenters. The van der Waals surface area contributed by atoms with Crippen molar-refractivity contribution in [1.82, 2.24) is 0 Å². The molecule has 0 aromatic carbocycles. The molecule has 1 aromatic heterocycles. The monoisotopic (exact) mass is 176 g/mol. The van der Waals surface area contributed by atoms with E-state index in [0.717, 1.165) is 4.88 Å². The second-order valence-corrected chi connectivity index (χ2v) is 3.84. The summed E-state index contributed by atoms with van der Waals surface area (Å²) in [6, 6.07) is 3.28. The first-order chi connectivity index (χ1) is 5.11. The highest BCUT2D eigenvalue weighted by Gasteiger charge is 2.11. The fraction of sp³-hybridized carbons (Fsp3) is 0.500. The Kier molecular flexibility index (Phi) is 2.60. The summed E-state index contributed by atoms with van der Waals surface area (Å²) in [6.07, 6.45) is -2.31. The average molecular weight is 176 g/mol. The Balaban J connectivity index is 2.82. The van der Waals surface area contributed by atoms with Gasteiger partial charge in [0.15, 0.2) is 0 Å². The SMILES string of the molecule is CC(C)c1ccc(C(F)F)s1. The smallest absolute Gasteiger partial charge is 0.204 e. The van der Waals surface area contributed by atoms with Crippen LogP contribution in [0.4, 0.5) is 8.78 Å². The van der Waals surface area contributed by atoms with E-state index in [1.807, 2.05) is 13.8 Å². The van der Waals surface area contributed by atoms with Crippen LogP contribution >= 0.6 is 11.3 Å². The van der Waals surface area contributed by atoms with Gasteiger partial charge in [-0.25, -0.2) is 8.78 Å². The van der Waals surface area contributed by atoms with Crippen molar-refractivity contribution in [1.29, 1.82) is 0 Å². The molecule has 1 heterocycles. The van der Waals surface area contributed by atoms with E-state index in [0.29, 0.717) is 5.92 Å². The molecule has 0 spiro atoms. The van der Waals surface area contributed by atoms with Gasteiger partial charge >= 0.3 is 0 Å². The lowest BCUT2D eigenvalue weighted by Gasteiger charge is -1.97. The van der Waals surface area contributed by atoms with Gasteiger partial charge in [-0.1, -0.05) is 13.8 Å². The van der Waals surface area contributed by atoms with Crippen LogP contribution in [0, 0.1) is 0 Å². The van der Waals surface area contributed by atoms with Crippen molar-refractivity contribution < 1.29 is 8.78 Å². The Labute approximate surface area is 68.9 Å². The fourth-order valence-corrected chi connectivity index (χ4v) is 1.67. The van der Waals surface area contributed by atoms with E-state index < -0.39 is 6.43 Å². The van der Waals surface area contributed by atoms with E-state index in [4.69, 9.17) is 0 Å². The molecule has 1 rings (SSSR count). The molecule has 11 heavy (non-hydrogen) atoms. The molecule has 0 bridgehead atoms. The molecule has 0 fully saturated rings. The summed E-state index contributed by atoms with van der Waals surface area (Å²) >= 11 is 1.20. The zero-order valence-corrected chi connectivity index (χ0v) is 7.29. The third-order valence-electron chi connectivity index (χ3n) is 1.43. The molecule has 0 N–H and O–H groups in total. The second-order valence-electron chi connectivity index (χ2n) is 2.70. The van der Waals surface area contributed by atoms with Gasteiger partial charge in [0.05, 0.1) is 4.88 Å². The van der Waals surface area contributed by atoms with E-state index in [9.17, 15) is 8.78 Å². The van der Waals surface area contributed by atoms with Gasteiger partial charge in [-0.15, -0.1) is 11.3 Å². The maximum Gasteiger partial charge on any atom is 0.272 e. The number of rotatable bonds is 2. The summed E-state index contributed by atoms with van der Waals surface area (Å²) in [6.45, 7) is 4.00. The molecule has 3 heteroatoms. The number of hydrogen-bond donors (Lipinski definition) is 0. The first-order valence-electron chi connectivity index (χ1n) is 3.49. The third kappa shape index (κ3) is 1.99. The normalized spacial score (nSPS) is 11.5. The predicted molar refractivity (Wildman–Crippen MR) is 43.4 cm³/mol. The standard InChI is InChI=1S/C8H10F2S/c1-5(2)6-3-4-7(11-6)8(9)10/h3-5,8H,1-2H3. The molecule has 0 saturated carbocycles. The minimum absolute atomic E-state index is 0.175. The third-order valence-corrected chi connectivity index (χ3v) is 2.82. The van der Waals surface area contributed by atoms with E-state index in [2.05, 4.69) is 0 Å². The molecule has 0 aliphatic rings. The summed E-state index contributed by atoms with van der Waals surface area (Å²) in [5.74, 6) is 0.354. The molecule has 0 amide bonds. The van der Waals surface area contributed by atoms with Gasteiger partial charge in [-0.05, 0) is 18.1 Å². The summed E-state index contributed by atoms with van der Waals surface area (Å²) in [5, 5.41) is 0. The Morgan fingerprint density at radius 2 is 1.73 bits per heavy atom. The molecule has 0 aliphatic carbocycles. The highest BCUT2D eigenvalue weighted by Crippen LogP contribution is 2.30. The lowest BCUT2D eigenvalue weighted by atomic mass is 10.2. The minimum atomic E-state index is -2.31. The summed E-state index contributed by atoms with van der Waals surface area (Å²) in [7, 11) is 0. The van der Waals surface area contributed by atoms with Crippen molar-refractivity contribution >= 4 is 11.3 Å². The van der Waals surface area contributed by atoms with Crippen LogP contribution in [0.1, 0.15) is 35.9 Å². The van der Waals surface area contributed by atoms with Crippen molar-refractivity contribution in [3.05, 3.63) is 21.9 Å². The molecular formula is C8H10F2S. The first-order valence-corrected chi connectivity index (χ1v) is 4.30. The highest BCUT2D eigenvalue weighted by atomic mass is 32.1. The number of alkyl halides is 2. The average Bonchev–Trinajstić information content (AvgIpc) is 2.33. The van der Waals surface area contributed by atoms with Gasteiger partial charge in [-0.3, -0.25) is 0 Å². The highest BCUT2D eigenvalue weighted by molar-refractivity contribution is 7.12. The molecule has 0 aliphatic heterocycles. The lowest BCUT2D eigenvalue weighted by molar-refractivity contribution is 0.155. The van der Waals surface area contributed by atoms with Gasteiger partial charge in [0.25, 0.3) is 6.43 Å². The number of halogens is 2. The summed E-state index contributed by atoms with van der Waals surface area (Å²) in [4.78, 5) is 1.20. The van der Waals surface area contributed by atoms with Gasteiger partial charge < -0.3 is 0 Å². The van der Waals surface area contributed by atoms with E-state index in [1.54, 1.807) is 6.07 Å². The molecular weight excluding hydrogens is 166 g/mol. The zero-order valence-electron chi connectivity index (χ0n) is 6.47. The summed E-state index contributed by atoms with van der Waals surface area (Å²) < 4.78 is 24.1. The van der Waals surface area contributed by atoms with Crippen LogP contribution in [0.15, 0.2) is 12.1 Å². The van der Waals surface area contributed by atoms with Crippen LogP contribution in [-0.4, -0.2) is 0 Å². The van der Waals surface area contributed by atoms with E-state index in [-0.39, 0.29) is 4.88 Å². The van der Waals surface area contributed by atoms with Gasteiger partial charge in [0.2, 0.25) is 0 Å². The molecule has 0 saturated heterocycles. The minimum Gasteiger partial charge on any atom is -0.204 e. The van der Waals surface area contributed by atoms with Crippen LogP contribution in [0.5, 0.6) is 0 Å². The topological polar surface area (TPSA) is 0 Å². The molecule has 0 radical (unpaired) electrons. The Morgan fingerprint density at radius 3 is 2.00 bits per heavy atom. The quantitative estimate of drug-likeness (QED) is 0.642. The Bertz CT molecular complexity index is 205. The van der Waals surface area contributed by atoms with Gasteiger partial charge in [0.1, 0.15) is 0 Å². The Morgan fingerprint density at radius 1 is 1.18 bits per heavy atom. The lowest BCUT2D eigenvalue weighted by Crippen LogP contribution is -1.78. The molecule has 0 nitrogen and oxygen atoms in total. The van der Waals surface area contributed by atoms with Crippen molar-refractivity contribution in [2.45, 2.75) is 26.2 Å². The number of hydrogen-bond acceptors (Lipinski definition) is 1. The van der Waals surface area contributed by atoms with Crippen LogP contribution in [0.3, 0.4) is 0 Å². The van der Waals surface area contributed by atoms with Crippen LogP contribution in [-0.2, 0) is 0 Å². The predicted octanol–water partition coefficient (Wildman–Crippen LogP) is 3.81. The van der Waals surface area contributed by atoms with Crippen LogP contribution < -0.4 is 0 Å². The Hall–Kier alpha value is -0.440. The van der Waals surface area contributed by atoms with Gasteiger partial charge in [0, 0.05) is 4.88 Å². The van der Waals surface area contributed by atoms with Crippen molar-refractivity contribution in [2.75, 3.05) is 0 Å². The largest absolute Gasteiger partial charge is 0.272 e. The van der Waals surface area contributed by atoms with Crippen LogP contribution in [0.2, 0.25) is 0 Å². The maximum absolute atomic E-state index is 12.1. The van der Waals surface area contributed by atoms with Crippen molar-refractivity contribution in [3.8, 4) is 0 Å². The first kappa shape index (κ1) is 8.65. The second kappa shape index (κ2) is 3.30. The molecule has 62 valence electrons. The number of thiophene rings is 1. The summed E-state index contributed by atoms with van der Waals surface area (Å²) in [5.41, 5.74) is 0. The molecule has 1 aromatic rings. The zero-order chi connectivity index (χ0) is 8.43. The van der Waals surface area contributed by atoms with E-state index >= 15 is 0 Å². The van der Waals surface area contributed by atoms with Gasteiger partial charge in [-0.2, -0.15) is 0 Å². The van der Waals surface area contributed by atoms with Crippen molar-refractivity contribution in [3.63, 3.8) is 0 Å². The molecule has 0 unspecified atom stereocenters. The maximum atomic E-state index is 12.1.